The van der Waals surface area contributed by atoms with Crippen molar-refractivity contribution >= 4 is 23.6 Å². The maximum Gasteiger partial charge on any atom is 0.262 e. The minimum absolute atomic E-state index is 0.110. The van der Waals surface area contributed by atoms with Crippen LogP contribution in [0.4, 0.5) is 0 Å². The monoisotopic (exact) mass is 545 g/mol. The van der Waals surface area contributed by atoms with Crippen molar-refractivity contribution in [3.05, 3.63) is 58.7 Å². The molecule has 4 amide bonds. The number of hydrogen-bond donors (Lipinski definition) is 2. The Bertz CT molecular complexity index is 1290. The number of nitrogens with one attached hydrogen (secondary N) is 2. The number of fused-ring (bicyclic) bond motifs is 2. The van der Waals surface area contributed by atoms with Crippen molar-refractivity contribution in [2.75, 3.05) is 26.2 Å². The fourth-order valence-corrected chi connectivity index (χ4v) is 7.03. The van der Waals surface area contributed by atoms with E-state index < -0.39 is 23.8 Å². The zero-order chi connectivity index (χ0) is 27.4. The van der Waals surface area contributed by atoms with Gasteiger partial charge in [0.05, 0.1) is 17.8 Å². The molecule has 4 unspecified atom stereocenters. The van der Waals surface area contributed by atoms with Crippen molar-refractivity contribution in [1.29, 1.82) is 0 Å². The molecule has 2 bridgehead atoms. The number of ether oxygens (including phenoxy) is 1. The van der Waals surface area contributed by atoms with E-state index >= 15 is 0 Å². The number of rotatable bonds is 7. The van der Waals surface area contributed by atoms with Crippen molar-refractivity contribution < 1.29 is 23.9 Å². The minimum atomic E-state index is -0.949. The first-order chi connectivity index (χ1) is 19.4. The third-order valence-electron chi connectivity index (χ3n) is 9.22. The number of hydrogen-bond acceptors (Lipinski definition) is 8. The topological polar surface area (TPSA) is 111 Å². The van der Waals surface area contributed by atoms with Crippen molar-refractivity contribution in [1.82, 2.24) is 25.3 Å². The van der Waals surface area contributed by atoms with Crippen LogP contribution in [0.15, 0.2) is 47.6 Å². The van der Waals surface area contributed by atoms with Crippen molar-refractivity contribution in [3.8, 4) is 0 Å². The average molecular weight is 546 g/mol. The number of carbonyl (C=O) groups excluding carboxylic acids is 4. The van der Waals surface area contributed by atoms with E-state index in [2.05, 4.69) is 44.7 Å². The number of likely N-dealkylation sites (tertiary alicyclic amines) is 2. The molecule has 2 N–H and O–H groups in total. The predicted molar refractivity (Wildman–Crippen MR) is 144 cm³/mol. The van der Waals surface area contributed by atoms with E-state index in [1.54, 1.807) is 6.08 Å². The molecule has 40 heavy (non-hydrogen) atoms. The van der Waals surface area contributed by atoms with Gasteiger partial charge in [0, 0.05) is 63.3 Å². The Labute approximate surface area is 233 Å². The number of morpholine rings is 1. The molecule has 5 heterocycles. The summed E-state index contributed by atoms with van der Waals surface area (Å²) in [6.45, 7) is 5.88. The summed E-state index contributed by atoms with van der Waals surface area (Å²) >= 11 is 0. The van der Waals surface area contributed by atoms with Crippen LogP contribution in [-0.4, -0.2) is 94.8 Å². The molecule has 210 valence electrons. The van der Waals surface area contributed by atoms with Crippen LogP contribution in [0.3, 0.4) is 0 Å². The molecule has 0 saturated carbocycles. The molecule has 4 atom stereocenters. The molecule has 10 nitrogen and oxygen atoms in total. The molecule has 5 aliphatic heterocycles. The summed E-state index contributed by atoms with van der Waals surface area (Å²) in [6.07, 6.45) is 7.73. The van der Waals surface area contributed by atoms with Gasteiger partial charge in [-0.25, -0.2) is 0 Å². The van der Waals surface area contributed by atoms with Gasteiger partial charge < -0.3 is 10.1 Å². The van der Waals surface area contributed by atoms with Gasteiger partial charge in [-0.05, 0) is 36.8 Å². The van der Waals surface area contributed by atoms with Crippen molar-refractivity contribution in [2.45, 2.75) is 75.5 Å². The second kappa shape index (κ2) is 10.3. The zero-order valence-electron chi connectivity index (χ0n) is 22.5. The molecule has 10 heteroatoms. The average Bonchev–Trinajstić information content (AvgIpc) is 3.40. The second-order valence-corrected chi connectivity index (χ2v) is 11.9. The van der Waals surface area contributed by atoms with Gasteiger partial charge in [0.15, 0.2) is 0 Å². The number of nitrogens with zero attached hydrogens (tertiary/aromatic N) is 3. The molecule has 1 aromatic carbocycles. The van der Waals surface area contributed by atoms with Gasteiger partial charge in [-0.3, -0.25) is 39.2 Å². The SMILES string of the molecule is O=C1CCC(N2C(=O)C3=C(C2=O)C(NCc2ccc(CN4CC(N5CC6CCC(C5)O6)C4)cc2)CC=C3)C(=O)N1. The van der Waals surface area contributed by atoms with E-state index in [0.717, 1.165) is 43.2 Å². The van der Waals surface area contributed by atoms with Crippen LogP contribution in [-0.2, 0) is 37.0 Å². The first kappa shape index (κ1) is 25.8. The highest BCUT2D eigenvalue weighted by Gasteiger charge is 2.47. The predicted octanol–water partition coefficient (Wildman–Crippen LogP) is 0.623. The lowest BCUT2D eigenvalue weighted by Gasteiger charge is -2.48. The zero-order valence-corrected chi connectivity index (χ0v) is 22.5. The van der Waals surface area contributed by atoms with Gasteiger partial charge in [0.25, 0.3) is 11.8 Å². The van der Waals surface area contributed by atoms with E-state index in [-0.39, 0.29) is 24.8 Å². The van der Waals surface area contributed by atoms with Crippen LogP contribution in [0.1, 0.15) is 43.2 Å². The molecule has 4 saturated heterocycles. The molecular formula is C30H35N5O5. The van der Waals surface area contributed by atoms with Crippen molar-refractivity contribution in [2.24, 2.45) is 0 Å². The van der Waals surface area contributed by atoms with E-state index in [9.17, 15) is 19.2 Å². The fourth-order valence-electron chi connectivity index (χ4n) is 7.03. The first-order valence-electron chi connectivity index (χ1n) is 14.5. The highest BCUT2D eigenvalue weighted by Crippen LogP contribution is 2.33. The van der Waals surface area contributed by atoms with Gasteiger partial charge in [-0.2, -0.15) is 0 Å². The van der Waals surface area contributed by atoms with E-state index in [1.165, 1.54) is 18.4 Å². The molecular weight excluding hydrogens is 510 g/mol. The lowest BCUT2D eigenvalue weighted by Crippen LogP contribution is -2.62. The Hall–Kier alpha value is -3.18. The summed E-state index contributed by atoms with van der Waals surface area (Å²) in [5.41, 5.74) is 3.14. The number of amides is 4. The quantitative estimate of drug-likeness (QED) is 0.480. The summed E-state index contributed by atoms with van der Waals surface area (Å²) < 4.78 is 5.98. The minimum Gasteiger partial charge on any atom is -0.372 e. The molecule has 0 aromatic heterocycles. The smallest absolute Gasteiger partial charge is 0.262 e. The molecule has 1 aromatic rings. The van der Waals surface area contributed by atoms with Gasteiger partial charge in [-0.1, -0.05) is 36.4 Å². The van der Waals surface area contributed by atoms with Crippen LogP contribution in [0.2, 0.25) is 0 Å². The van der Waals surface area contributed by atoms with Crippen LogP contribution in [0.25, 0.3) is 0 Å². The van der Waals surface area contributed by atoms with Gasteiger partial charge in [0.1, 0.15) is 6.04 Å². The Morgan fingerprint density at radius 3 is 2.35 bits per heavy atom. The standard InChI is InChI=1S/C30H35N5O5/c36-26-11-10-25(28(37)32-26)35-29(38)23-2-1-3-24(27(23)30(35)39)31-12-18-4-6-19(7-5-18)13-33-14-20(15-33)34-16-21-8-9-22(17-34)40-21/h1-2,4-7,20-22,24-25,31H,3,8-17H2,(H,32,36,37). The van der Waals surface area contributed by atoms with Gasteiger partial charge in [-0.15, -0.1) is 0 Å². The van der Waals surface area contributed by atoms with Gasteiger partial charge in [0.2, 0.25) is 11.8 Å². The number of piperidine rings is 1. The fraction of sp³-hybridized carbons (Fsp3) is 0.533. The van der Waals surface area contributed by atoms with E-state index in [4.69, 9.17) is 4.74 Å². The molecule has 0 spiro atoms. The number of benzene rings is 1. The van der Waals surface area contributed by atoms with Crippen LogP contribution in [0, 0.1) is 0 Å². The number of carbonyl (C=O) groups is 4. The van der Waals surface area contributed by atoms with Gasteiger partial charge >= 0.3 is 0 Å². The lowest BCUT2D eigenvalue weighted by molar-refractivity contribution is -0.150. The third kappa shape index (κ3) is 4.72. The first-order valence-corrected chi connectivity index (χ1v) is 14.5. The summed E-state index contributed by atoms with van der Waals surface area (Å²) in [5, 5.41) is 5.70. The second-order valence-electron chi connectivity index (χ2n) is 11.9. The Balaban J connectivity index is 0.922. The summed E-state index contributed by atoms with van der Waals surface area (Å²) in [4.78, 5) is 56.5. The molecule has 1 aliphatic carbocycles. The third-order valence-corrected chi connectivity index (χ3v) is 9.22. The van der Waals surface area contributed by atoms with Crippen LogP contribution < -0.4 is 10.6 Å². The van der Waals surface area contributed by atoms with E-state index in [0.29, 0.717) is 42.4 Å². The Kier molecular flexibility index (Phi) is 6.66. The summed E-state index contributed by atoms with van der Waals surface area (Å²) in [5.74, 6) is -1.87. The van der Waals surface area contributed by atoms with Crippen molar-refractivity contribution in [3.63, 3.8) is 0 Å². The highest BCUT2D eigenvalue weighted by atomic mass is 16.5. The molecule has 4 fully saturated rings. The highest BCUT2D eigenvalue weighted by molar-refractivity contribution is 6.23. The lowest BCUT2D eigenvalue weighted by atomic mass is 9.94. The van der Waals surface area contributed by atoms with Crippen LogP contribution in [0.5, 0.6) is 0 Å². The number of imide groups is 2. The summed E-state index contributed by atoms with van der Waals surface area (Å²) in [6, 6.07) is 7.95. The Morgan fingerprint density at radius 2 is 1.62 bits per heavy atom. The van der Waals surface area contributed by atoms with E-state index in [1.807, 2.05) is 6.08 Å². The molecule has 0 radical (unpaired) electrons. The Morgan fingerprint density at radius 1 is 0.900 bits per heavy atom. The molecule has 6 aliphatic rings. The maximum absolute atomic E-state index is 13.3. The largest absolute Gasteiger partial charge is 0.372 e. The summed E-state index contributed by atoms with van der Waals surface area (Å²) in [7, 11) is 0. The molecule has 7 rings (SSSR count). The maximum atomic E-state index is 13.3. The van der Waals surface area contributed by atoms with Crippen LogP contribution >= 0.6 is 0 Å². The normalized spacial score (nSPS) is 31.1.